The zero-order chi connectivity index (χ0) is 26.1. The van der Waals surface area contributed by atoms with Crippen molar-refractivity contribution >= 4 is 34.8 Å². The van der Waals surface area contributed by atoms with Crippen molar-refractivity contribution in [3.05, 3.63) is 53.9 Å². The number of aromatic nitrogens is 2. The molecular weight excluding hydrogens is 470 g/mol. The van der Waals surface area contributed by atoms with E-state index in [0.717, 1.165) is 29.3 Å². The highest BCUT2D eigenvalue weighted by atomic mass is 16.5. The summed E-state index contributed by atoms with van der Waals surface area (Å²) < 4.78 is 9.04. The summed E-state index contributed by atoms with van der Waals surface area (Å²) in [5, 5.41) is 5.52. The molecule has 1 saturated heterocycles. The minimum atomic E-state index is -0.625. The first-order valence-corrected chi connectivity index (χ1v) is 12.3. The van der Waals surface area contributed by atoms with Gasteiger partial charge in [-0.1, -0.05) is 23.6 Å². The van der Waals surface area contributed by atoms with E-state index in [4.69, 9.17) is 10.5 Å². The molecule has 37 heavy (non-hydrogen) atoms. The Bertz CT molecular complexity index is 1430. The van der Waals surface area contributed by atoms with E-state index in [1.807, 2.05) is 30.6 Å². The Kier molecular flexibility index (Phi) is 6.63. The number of allylic oxidation sites excluding steroid dienone is 1. The van der Waals surface area contributed by atoms with Crippen LogP contribution in [-0.4, -0.2) is 76.6 Å². The number of nitrogens with zero attached hydrogens (tertiary/aromatic N) is 5. The van der Waals surface area contributed by atoms with Gasteiger partial charge in [0.1, 0.15) is 19.0 Å². The zero-order valence-corrected chi connectivity index (χ0v) is 21.0. The summed E-state index contributed by atoms with van der Waals surface area (Å²) >= 11 is 0. The molecule has 10 heteroatoms. The van der Waals surface area contributed by atoms with E-state index in [1.165, 1.54) is 6.08 Å². The molecular formula is C27H30N7O3+. The van der Waals surface area contributed by atoms with E-state index in [2.05, 4.69) is 38.6 Å². The molecule has 2 aromatic rings. The van der Waals surface area contributed by atoms with Crippen LogP contribution < -0.4 is 11.2 Å². The second-order valence-electron chi connectivity index (χ2n) is 9.40. The SMILES string of the molecule is C=CC(=O)N1CC(/C=[N+]2\NC(C#Cc3cccc4c3cnn4C3CC3)=C(C(N)=O)C2=NC)C[C@@H]1COC. The quantitative estimate of drug-likeness (QED) is 0.350. The number of benzene rings is 1. The van der Waals surface area contributed by atoms with Gasteiger partial charge in [-0.25, -0.2) is 5.43 Å². The predicted octanol–water partition coefficient (Wildman–Crippen LogP) is 1.14. The lowest BCUT2D eigenvalue weighted by Crippen LogP contribution is -2.37. The number of ether oxygens (including phenoxy) is 1. The van der Waals surface area contributed by atoms with Crippen LogP contribution in [0.4, 0.5) is 0 Å². The van der Waals surface area contributed by atoms with Crippen LogP contribution in [0, 0.1) is 17.8 Å². The van der Waals surface area contributed by atoms with Crippen molar-refractivity contribution in [1.82, 2.24) is 20.1 Å². The summed E-state index contributed by atoms with van der Waals surface area (Å²) in [4.78, 5) is 30.8. The van der Waals surface area contributed by atoms with Crippen molar-refractivity contribution in [3.63, 3.8) is 0 Å². The number of fused-ring (bicyclic) bond motifs is 1. The van der Waals surface area contributed by atoms with Gasteiger partial charge >= 0.3 is 5.84 Å². The highest BCUT2D eigenvalue weighted by molar-refractivity contribution is 6.19. The van der Waals surface area contributed by atoms with Gasteiger partial charge in [0.15, 0.2) is 5.57 Å². The van der Waals surface area contributed by atoms with Crippen LogP contribution in [0.1, 0.15) is 30.9 Å². The predicted molar refractivity (Wildman–Crippen MR) is 140 cm³/mol. The first-order valence-electron chi connectivity index (χ1n) is 12.3. The average Bonchev–Trinajstić information content (AvgIpc) is 3.35. The number of rotatable bonds is 6. The largest absolute Gasteiger partial charge is 0.383 e. The van der Waals surface area contributed by atoms with E-state index in [9.17, 15) is 9.59 Å². The minimum Gasteiger partial charge on any atom is -0.383 e. The van der Waals surface area contributed by atoms with Crippen LogP contribution in [-0.2, 0) is 14.3 Å². The number of nitrogens with two attached hydrogens (primary N) is 1. The smallest absolute Gasteiger partial charge is 0.356 e. The summed E-state index contributed by atoms with van der Waals surface area (Å²) in [6.07, 6.45) is 8.05. The topological polar surface area (TPSA) is 118 Å². The molecule has 2 aliphatic heterocycles. The lowest BCUT2D eigenvalue weighted by molar-refractivity contribution is -0.456. The fraction of sp³-hybridized carbons (Fsp3) is 0.370. The molecule has 1 unspecified atom stereocenters. The van der Waals surface area contributed by atoms with Crippen LogP contribution in [0.3, 0.4) is 0 Å². The number of methoxy groups -OCH3 is 1. The Morgan fingerprint density at radius 2 is 2.19 bits per heavy atom. The third-order valence-electron chi connectivity index (χ3n) is 6.87. The highest BCUT2D eigenvalue weighted by Crippen LogP contribution is 2.37. The maximum Gasteiger partial charge on any atom is 0.356 e. The summed E-state index contributed by atoms with van der Waals surface area (Å²) in [6.45, 7) is 4.53. The van der Waals surface area contributed by atoms with Gasteiger partial charge in [-0.15, -0.1) is 4.68 Å². The van der Waals surface area contributed by atoms with E-state index < -0.39 is 5.91 Å². The minimum absolute atomic E-state index is 0.00301. The Morgan fingerprint density at radius 1 is 1.38 bits per heavy atom. The van der Waals surface area contributed by atoms with Crippen LogP contribution in [0.15, 0.2) is 53.3 Å². The van der Waals surface area contributed by atoms with E-state index in [1.54, 1.807) is 23.7 Å². The lowest BCUT2D eigenvalue weighted by atomic mass is 10.1. The third-order valence-corrected chi connectivity index (χ3v) is 6.87. The number of carbonyl (C=O) groups is 2. The van der Waals surface area contributed by atoms with E-state index in [-0.39, 0.29) is 23.4 Å². The normalized spacial score (nSPS) is 23.5. The second kappa shape index (κ2) is 10.0. The van der Waals surface area contributed by atoms with Crippen molar-refractivity contribution < 1.29 is 19.0 Å². The van der Waals surface area contributed by atoms with Gasteiger partial charge in [-0.2, -0.15) is 5.10 Å². The summed E-state index contributed by atoms with van der Waals surface area (Å²) in [7, 11) is 3.21. The molecule has 0 spiro atoms. The number of hydrazine groups is 1. The van der Waals surface area contributed by atoms with Crippen molar-refractivity contribution in [2.75, 3.05) is 27.3 Å². The number of likely N-dealkylation sites (tertiary alicyclic amines) is 1. The molecule has 0 radical (unpaired) electrons. The number of amides is 2. The van der Waals surface area contributed by atoms with Gasteiger partial charge in [-0.3, -0.25) is 14.3 Å². The van der Waals surface area contributed by atoms with E-state index >= 15 is 0 Å². The van der Waals surface area contributed by atoms with Crippen molar-refractivity contribution in [3.8, 4) is 11.8 Å². The summed E-state index contributed by atoms with van der Waals surface area (Å²) in [5.74, 6) is 5.91. The van der Waals surface area contributed by atoms with Gasteiger partial charge in [0, 0.05) is 30.5 Å². The van der Waals surface area contributed by atoms with Gasteiger partial charge < -0.3 is 15.4 Å². The molecule has 3 aliphatic rings. The van der Waals surface area contributed by atoms with Gasteiger partial charge in [0.2, 0.25) is 5.91 Å². The van der Waals surface area contributed by atoms with Gasteiger partial charge in [0.25, 0.3) is 5.91 Å². The fourth-order valence-electron chi connectivity index (χ4n) is 5.04. The number of nitrogens with one attached hydrogen (secondary N) is 1. The van der Waals surface area contributed by atoms with Crippen molar-refractivity contribution in [1.29, 1.82) is 0 Å². The number of primary amides is 1. The number of hydrogen-bond acceptors (Lipinski definition) is 6. The lowest BCUT2D eigenvalue weighted by Gasteiger charge is -2.22. The molecule has 2 atom stereocenters. The molecule has 2 amide bonds. The molecule has 1 aliphatic carbocycles. The monoisotopic (exact) mass is 500 g/mol. The molecule has 10 nitrogen and oxygen atoms in total. The number of hydrogen-bond donors (Lipinski definition) is 2. The molecule has 2 fully saturated rings. The van der Waals surface area contributed by atoms with Crippen LogP contribution in [0.2, 0.25) is 0 Å². The van der Waals surface area contributed by atoms with Crippen molar-refractivity contribution in [2.45, 2.75) is 31.3 Å². The van der Waals surface area contributed by atoms with E-state index in [0.29, 0.717) is 37.1 Å². The molecule has 0 bridgehead atoms. The van der Waals surface area contributed by atoms with Crippen LogP contribution in [0.5, 0.6) is 0 Å². The number of amidine groups is 1. The molecule has 1 saturated carbocycles. The number of carbonyl (C=O) groups excluding carboxylic acids is 2. The Balaban J connectivity index is 1.45. The van der Waals surface area contributed by atoms with Gasteiger partial charge in [0.05, 0.1) is 30.4 Å². The standard InChI is InChI=1S/C27H29N7O3/c1-4-24(35)32-14-17(12-20(32)16-37-3)15-33-27(29-2)25(26(28)36)22(31-33)11-8-18-6-5-7-23-21(18)13-30-34(23)19-9-10-19/h4-7,13,15,17,19-20H,1,9-10,12,14,16H2,2-3H3,(H2-,28,29,31,36)/p+1/b33-15-/t17?,20-/m1/s1. The zero-order valence-electron chi connectivity index (χ0n) is 21.0. The molecule has 5 rings (SSSR count). The van der Waals surface area contributed by atoms with Crippen LogP contribution >= 0.6 is 0 Å². The second-order valence-corrected chi connectivity index (χ2v) is 9.40. The first-order chi connectivity index (χ1) is 17.9. The molecule has 1 aromatic carbocycles. The molecule has 3 heterocycles. The Morgan fingerprint density at radius 3 is 2.86 bits per heavy atom. The number of hydrazone groups is 1. The average molecular weight is 501 g/mol. The number of aliphatic imine (C=N–C) groups is 1. The highest BCUT2D eigenvalue weighted by Gasteiger charge is 2.39. The summed E-state index contributed by atoms with van der Waals surface area (Å²) in [5.41, 5.74) is 11.4. The molecule has 1 aromatic heterocycles. The Labute approximate surface area is 215 Å². The molecule has 3 N–H and O–H groups in total. The van der Waals surface area contributed by atoms with Gasteiger partial charge in [-0.05, 0) is 43.4 Å². The maximum absolute atomic E-state index is 12.4. The summed E-state index contributed by atoms with van der Waals surface area (Å²) in [6, 6.07) is 6.34. The first kappa shape index (κ1) is 24.5. The molecule has 190 valence electrons. The van der Waals surface area contributed by atoms with Crippen molar-refractivity contribution in [2.24, 2.45) is 16.6 Å². The fourth-order valence-corrected chi connectivity index (χ4v) is 5.04. The Hall–Kier alpha value is -4.23. The van der Waals surface area contributed by atoms with Crippen LogP contribution in [0.25, 0.3) is 10.9 Å². The third kappa shape index (κ3) is 4.66. The maximum atomic E-state index is 12.4.